The first kappa shape index (κ1) is 9.78. The van der Waals surface area contributed by atoms with Gasteiger partial charge >= 0.3 is 0 Å². The Balaban J connectivity index is 2.96. The van der Waals surface area contributed by atoms with Crippen LogP contribution in [0.1, 0.15) is 12.5 Å². The number of halogens is 2. The second kappa shape index (κ2) is 4.08. The molecule has 0 saturated carbocycles. The molecule has 2 nitrogen and oxygen atoms in total. The van der Waals surface area contributed by atoms with Crippen LogP contribution in [0.15, 0.2) is 12.4 Å². The van der Waals surface area contributed by atoms with Crippen molar-refractivity contribution < 1.29 is 0 Å². The van der Waals surface area contributed by atoms with Crippen molar-refractivity contribution in [3.05, 3.63) is 28.0 Å². The van der Waals surface area contributed by atoms with Crippen LogP contribution in [0.3, 0.4) is 0 Å². The van der Waals surface area contributed by atoms with Crippen LogP contribution in [0.4, 0.5) is 0 Å². The van der Waals surface area contributed by atoms with Crippen molar-refractivity contribution in [3.8, 4) is 0 Å². The third-order valence-corrected chi connectivity index (χ3v) is 2.13. The molecule has 0 amide bonds. The molecule has 0 fully saturated rings. The predicted octanol–water partition coefficient (Wildman–Crippen LogP) is 2.28. The van der Waals surface area contributed by atoms with Crippen LogP contribution in [0.25, 0.3) is 0 Å². The van der Waals surface area contributed by atoms with Crippen LogP contribution in [0.5, 0.6) is 0 Å². The first-order valence-corrected chi connectivity index (χ1v) is 4.40. The summed E-state index contributed by atoms with van der Waals surface area (Å²) in [5, 5.41) is 1.17. The van der Waals surface area contributed by atoms with E-state index in [4.69, 9.17) is 28.9 Å². The molecule has 0 spiro atoms. The van der Waals surface area contributed by atoms with Crippen molar-refractivity contribution in [3.63, 3.8) is 0 Å². The predicted molar refractivity (Wildman–Crippen MR) is 51.6 cm³/mol. The largest absolute Gasteiger partial charge is 0.328 e. The summed E-state index contributed by atoms with van der Waals surface area (Å²) in [6, 6.07) is 0.0578. The van der Waals surface area contributed by atoms with Crippen molar-refractivity contribution in [2.45, 2.75) is 19.4 Å². The zero-order valence-electron chi connectivity index (χ0n) is 6.72. The zero-order chi connectivity index (χ0) is 9.14. The van der Waals surface area contributed by atoms with Gasteiger partial charge in [-0.1, -0.05) is 23.2 Å². The van der Waals surface area contributed by atoms with E-state index in [1.807, 2.05) is 6.92 Å². The minimum Gasteiger partial charge on any atom is -0.328 e. The molecule has 1 atom stereocenters. The van der Waals surface area contributed by atoms with Crippen LogP contribution in [0.2, 0.25) is 10.0 Å². The number of aromatic nitrogens is 1. The Morgan fingerprint density at radius 2 is 1.92 bits per heavy atom. The topological polar surface area (TPSA) is 38.9 Å². The molecule has 0 saturated heterocycles. The first-order valence-electron chi connectivity index (χ1n) is 3.64. The molecule has 4 heteroatoms. The van der Waals surface area contributed by atoms with Crippen LogP contribution in [0, 0.1) is 0 Å². The van der Waals surface area contributed by atoms with Crippen LogP contribution < -0.4 is 5.73 Å². The third kappa shape index (κ3) is 2.34. The fraction of sp³-hybridized carbons (Fsp3) is 0.375. The lowest BCUT2D eigenvalue weighted by molar-refractivity contribution is 0.737. The van der Waals surface area contributed by atoms with E-state index in [0.717, 1.165) is 5.56 Å². The summed E-state index contributed by atoms with van der Waals surface area (Å²) >= 11 is 11.7. The molecule has 0 aliphatic rings. The molecular formula is C8H10Cl2N2. The van der Waals surface area contributed by atoms with Gasteiger partial charge in [0.1, 0.15) is 0 Å². The van der Waals surface area contributed by atoms with Crippen molar-refractivity contribution in [2.24, 2.45) is 5.73 Å². The van der Waals surface area contributed by atoms with Crippen LogP contribution in [-0.4, -0.2) is 11.0 Å². The Kier molecular flexibility index (Phi) is 3.32. The second-order valence-corrected chi connectivity index (χ2v) is 3.58. The Bertz CT molecular complexity index is 254. The normalized spacial score (nSPS) is 13.0. The molecule has 0 bridgehead atoms. The van der Waals surface area contributed by atoms with Crippen LogP contribution in [-0.2, 0) is 6.42 Å². The smallest absolute Gasteiger partial charge is 0.0636 e. The summed E-state index contributed by atoms with van der Waals surface area (Å²) in [7, 11) is 0. The van der Waals surface area contributed by atoms with E-state index >= 15 is 0 Å². The highest BCUT2D eigenvalue weighted by Crippen LogP contribution is 2.23. The molecule has 1 aromatic rings. The Morgan fingerprint density at radius 3 is 2.33 bits per heavy atom. The summed E-state index contributed by atoms with van der Waals surface area (Å²) < 4.78 is 0. The van der Waals surface area contributed by atoms with E-state index in [1.165, 1.54) is 0 Å². The van der Waals surface area contributed by atoms with E-state index < -0.39 is 0 Å². The van der Waals surface area contributed by atoms with E-state index in [2.05, 4.69) is 4.98 Å². The van der Waals surface area contributed by atoms with E-state index in [0.29, 0.717) is 16.5 Å². The molecule has 0 radical (unpaired) electrons. The monoisotopic (exact) mass is 204 g/mol. The Labute approximate surface area is 81.7 Å². The molecule has 66 valence electrons. The van der Waals surface area contributed by atoms with Gasteiger partial charge in [-0.3, -0.25) is 4.98 Å². The molecule has 2 N–H and O–H groups in total. The molecule has 0 aliphatic heterocycles. The average Bonchev–Trinajstić information content (AvgIpc) is 1.97. The minimum atomic E-state index is 0.0578. The van der Waals surface area contributed by atoms with Gasteiger partial charge in [0.25, 0.3) is 0 Å². The van der Waals surface area contributed by atoms with Crippen molar-refractivity contribution in [1.82, 2.24) is 4.98 Å². The minimum absolute atomic E-state index is 0.0578. The molecular weight excluding hydrogens is 195 g/mol. The highest BCUT2D eigenvalue weighted by atomic mass is 35.5. The number of nitrogens with zero attached hydrogens (tertiary/aromatic N) is 1. The first-order chi connectivity index (χ1) is 5.61. The summed E-state index contributed by atoms with van der Waals surface area (Å²) in [6.45, 7) is 1.91. The van der Waals surface area contributed by atoms with E-state index in [-0.39, 0.29) is 6.04 Å². The van der Waals surface area contributed by atoms with E-state index in [1.54, 1.807) is 12.4 Å². The fourth-order valence-corrected chi connectivity index (χ4v) is 1.47. The highest BCUT2D eigenvalue weighted by molar-refractivity contribution is 6.35. The Hall–Kier alpha value is -0.310. The van der Waals surface area contributed by atoms with Crippen LogP contribution >= 0.6 is 23.2 Å². The van der Waals surface area contributed by atoms with Crippen molar-refractivity contribution >= 4 is 23.2 Å². The number of rotatable bonds is 2. The fourth-order valence-electron chi connectivity index (χ4n) is 0.955. The number of hydrogen-bond acceptors (Lipinski definition) is 2. The van der Waals surface area contributed by atoms with Gasteiger partial charge in [0, 0.05) is 18.4 Å². The van der Waals surface area contributed by atoms with Gasteiger partial charge in [0.15, 0.2) is 0 Å². The maximum absolute atomic E-state index is 5.87. The molecule has 1 heterocycles. The molecule has 12 heavy (non-hydrogen) atoms. The lowest BCUT2D eigenvalue weighted by Crippen LogP contribution is -2.18. The van der Waals surface area contributed by atoms with Gasteiger partial charge in [0.2, 0.25) is 0 Å². The standard InChI is InChI=1S/C8H10Cl2N2/c1-5(11)2-6-7(9)3-12-4-8(6)10/h3-5H,2,11H2,1H3/t5-/m1/s1. The molecule has 1 aromatic heterocycles. The molecule has 0 aromatic carbocycles. The summed E-state index contributed by atoms with van der Waals surface area (Å²) in [4.78, 5) is 3.85. The van der Waals surface area contributed by atoms with Gasteiger partial charge in [-0.05, 0) is 18.9 Å². The lowest BCUT2D eigenvalue weighted by atomic mass is 10.1. The number of pyridine rings is 1. The van der Waals surface area contributed by atoms with E-state index in [9.17, 15) is 0 Å². The maximum Gasteiger partial charge on any atom is 0.0636 e. The highest BCUT2D eigenvalue weighted by Gasteiger charge is 2.07. The van der Waals surface area contributed by atoms with Gasteiger partial charge in [-0.2, -0.15) is 0 Å². The van der Waals surface area contributed by atoms with Gasteiger partial charge in [-0.15, -0.1) is 0 Å². The molecule has 1 rings (SSSR count). The van der Waals surface area contributed by atoms with Crippen molar-refractivity contribution in [2.75, 3.05) is 0 Å². The van der Waals surface area contributed by atoms with Crippen molar-refractivity contribution in [1.29, 1.82) is 0 Å². The number of nitrogens with two attached hydrogens (primary N) is 1. The Morgan fingerprint density at radius 1 is 1.42 bits per heavy atom. The van der Waals surface area contributed by atoms with Gasteiger partial charge in [-0.25, -0.2) is 0 Å². The molecule has 0 unspecified atom stereocenters. The summed E-state index contributed by atoms with van der Waals surface area (Å²) in [6.07, 6.45) is 3.83. The molecule has 0 aliphatic carbocycles. The summed E-state index contributed by atoms with van der Waals surface area (Å²) in [5.74, 6) is 0. The quantitative estimate of drug-likeness (QED) is 0.804. The average molecular weight is 205 g/mol. The van der Waals surface area contributed by atoms with Gasteiger partial charge < -0.3 is 5.73 Å². The third-order valence-electron chi connectivity index (χ3n) is 1.48. The lowest BCUT2D eigenvalue weighted by Gasteiger charge is -2.08. The summed E-state index contributed by atoms with van der Waals surface area (Å²) in [5.41, 5.74) is 6.50. The number of hydrogen-bond donors (Lipinski definition) is 1. The zero-order valence-corrected chi connectivity index (χ0v) is 8.23. The second-order valence-electron chi connectivity index (χ2n) is 2.76. The SMILES string of the molecule is C[C@@H](N)Cc1c(Cl)cncc1Cl. The maximum atomic E-state index is 5.87. The van der Waals surface area contributed by atoms with Gasteiger partial charge in [0.05, 0.1) is 10.0 Å².